The molecule has 0 fully saturated rings. The lowest BCUT2D eigenvalue weighted by Gasteiger charge is -2.30. The Kier molecular flexibility index (Phi) is 11.0. The van der Waals surface area contributed by atoms with Gasteiger partial charge in [-0.15, -0.1) is 0 Å². The van der Waals surface area contributed by atoms with Crippen LogP contribution >= 0.6 is 11.6 Å². The van der Waals surface area contributed by atoms with Gasteiger partial charge in [0, 0.05) is 26.2 Å². The molecule has 0 spiro atoms. The van der Waals surface area contributed by atoms with Gasteiger partial charge in [-0.25, -0.2) is 14.4 Å². The van der Waals surface area contributed by atoms with E-state index < -0.39 is 30.0 Å². The van der Waals surface area contributed by atoms with Crippen LogP contribution in [0, 0.1) is 11.3 Å². The summed E-state index contributed by atoms with van der Waals surface area (Å²) in [5.41, 5.74) is 9.50. The van der Waals surface area contributed by atoms with Crippen LogP contribution in [0.3, 0.4) is 0 Å². The van der Waals surface area contributed by atoms with Crippen LogP contribution in [0.5, 0.6) is 0 Å². The summed E-state index contributed by atoms with van der Waals surface area (Å²) in [6.07, 6.45) is -1.10. The minimum Gasteiger partial charge on any atom is -0.478 e. The second-order valence-corrected chi connectivity index (χ2v) is 11.8. The zero-order valence-corrected chi connectivity index (χ0v) is 28.2. The first-order valence-corrected chi connectivity index (χ1v) is 16.2. The molecule has 0 bridgehead atoms. The number of carboxylic acids is 1. The first kappa shape index (κ1) is 36.0. The van der Waals surface area contributed by atoms with E-state index in [9.17, 15) is 34.3 Å². The number of halogens is 1. The van der Waals surface area contributed by atoms with E-state index >= 15 is 0 Å². The molecular formula is C35H34ClN7O8. The van der Waals surface area contributed by atoms with E-state index in [1.54, 1.807) is 23.6 Å². The molecule has 4 amide bonds. The number of amides is 4. The number of hydrogen-bond acceptors (Lipinski definition) is 7. The molecule has 4 aromatic rings. The van der Waals surface area contributed by atoms with Gasteiger partial charge in [0.15, 0.2) is 0 Å². The van der Waals surface area contributed by atoms with E-state index in [2.05, 4.69) is 5.32 Å². The summed E-state index contributed by atoms with van der Waals surface area (Å²) in [5.74, 6) is -2.38. The second-order valence-electron chi connectivity index (χ2n) is 11.4. The molecule has 0 radical (unpaired) electrons. The predicted molar refractivity (Wildman–Crippen MR) is 184 cm³/mol. The average Bonchev–Trinajstić information content (AvgIpc) is 3.62. The summed E-state index contributed by atoms with van der Waals surface area (Å²) in [4.78, 5) is 61.4. The van der Waals surface area contributed by atoms with Crippen LogP contribution in [0.4, 0.5) is 9.59 Å². The number of primary amides is 1. The van der Waals surface area contributed by atoms with Gasteiger partial charge in [-0.05, 0) is 18.1 Å². The van der Waals surface area contributed by atoms with Gasteiger partial charge in [0.2, 0.25) is 0 Å². The Labute approximate surface area is 297 Å². The molecular weight excluding hydrogens is 682 g/mol. The Morgan fingerprint density at radius 3 is 1.90 bits per heavy atom. The highest BCUT2D eigenvalue weighted by Gasteiger charge is 2.33. The number of carboxylic acid groups (broad SMARTS) is 2. The van der Waals surface area contributed by atoms with Crippen molar-refractivity contribution in [2.45, 2.75) is 33.1 Å². The molecule has 0 unspecified atom stereocenters. The van der Waals surface area contributed by atoms with Gasteiger partial charge >= 0.3 is 24.1 Å². The van der Waals surface area contributed by atoms with Crippen molar-refractivity contribution in [3.8, 4) is 28.6 Å². The number of nitrogens with one attached hydrogen (secondary N) is 1. The SMILES string of the molecule is CCOC(=O)CNC(=O)N1CCn2c(c(C(N)=O)c(Cl)c2-c2ccccc2)C1.N#Cc1c(C(=O)O)c2n(c1-c1ccccc1)CCN(C(=O)O)C2. The minimum absolute atomic E-state index is 0.0432. The molecule has 0 saturated heterocycles. The fourth-order valence-electron chi connectivity index (χ4n) is 6.26. The van der Waals surface area contributed by atoms with Gasteiger partial charge in [-0.1, -0.05) is 72.3 Å². The van der Waals surface area contributed by atoms with E-state index in [4.69, 9.17) is 27.2 Å². The summed E-state index contributed by atoms with van der Waals surface area (Å²) in [5, 5.41) is 30.9. The number of nitrogens with zero attached hydrogens (tertiary/aromatic N) is 5. The van der Waals surface area contributed by atoms with Crippen molar-refractivity contribution in [1.29, 1.82) is 5.26 Å². The molecule has 264 valence electrons. The number of ether oxygens (including phenoxy) is 1. The minimum atomic E-state index is -1.22. The number of carbonyl (C=O) groups is 5. The normalized spacial score (nSPS) is 13.1. The van der Waals surface area contributed by atoms with Crippen LogP contribution in [0.1, 0.15) is 44.6 Å². The van der Waals surface area contributed by atoms with Gasteiger partial charge in [-0.2, -0.15) is 5.26 Å². The smallest absolute Gasteiger partial charge is 0.407 e. The number of nitrogens with two attached hydrogens (primary N) is 1. The standard InChI is InChI=1S/C19H21ClN4O4.C16H13N3O4/c1-2-28-14(25)10-22-19(27)23-8-9-24-13(11-23)15(18(21)26)16(20)17(24)12-6-4-3-5-7-12;17-8-11-13(15(20)21)12-9-18(16(22)23)6-7-19(12)14(11)10-4-2-1-3-5-10/h3-7H,2,8-11H2,1H3,(H2,21,26)(H,22,27);1-5H,6-7,9H2,(H,20,21)(H,22,23). The van der Waals surface area contributed by atoms with Gasteiger partial charge in [0.1, 0.15) is 18.2 Å². The zero-order valence-electron chi connectivity index (χ0n) is 27.5. The first-order chi connectivity index (χ1) is 24.5. The molecule has 2 aromatic heterocycles. The van der Waals surface area contributed by atoms with Crippen LogP contribution in [-0.4, -0.2) is 85.4 Å². The second kappa shape index (κ2) is 15.5. The van der Waals surface area contributed by atoms with Crippen molar-refractivity contribution in [1.82, 2.24) is 24.3 Å². The highest BCUT2D eigenvalue weighted by atomic mass is 35.5. The van der Waals surface area contributed by atoms with Crippen molar-refractivity contribution in [3.63, 3.8) is 0 Å². The molecule has 0 atom stereocenters. The van der Waals surface area contributed by atoms with Crippen molar-refractivity contribution in [2.75, 3.05) is 26.2 Å². The number of aromatic carboxylic acids is 1. The van der Waals surface area contributed by atoms with Crippen LogP contribution < -0.4 is 11.1 Å². The van der Waals surface area contributed by atoms with Gasteiger partial charge in [0.05, 0.1) is 58.6 Å². The number of carbonyl (C=O) groups excluding carboxylic acids is 3. The Morgan fingerprint density at radius 1 is 0.843 bits per heavy atom. The number of aromatic nitrogens is 2. The number of esters is 1. The van der Waals surface area contributed by atoms with E-state index in [-0.39, 0.29) is 54.5 Å². The average molecular weight is 716 g/mol. The van der Waals surface area contributed by atoms with Crippen molar-refractivity contribution < 1.29 is 38.9 Å². The fourth-order valence-corrected chi connectivity index (χ4v) is 6.67. The number of benzene rings is 2. The monoisotopic (exact) mass is 715 g/mol. The zero-order chi connectivity index (χ0) is 36.8. The van der Waals surface area contributed by atoms with Crippen molar-refractivity contribution >= 4 is 41.6 Å². The summed E-state index contributed by atoms with van der Waals surface area (Å²) < 4.78 is 8.47. The van der Waals surface area contributed by atoms with Gasteiger partial charge in [0.25, 0.3) is 5.91 Å². The maximum absolute atomic E-state index is 12.4. The van der Waals surface area contributed by atoms with Crippen molar-refractivity contribution in [3.05, 3.63) is 93.8 Å². The van der Waals surface area contributed by atoms with E-state index in [0.717, 1.165) is 16.0 Å². The van der Waals surface area contributed by atoms with Crippen molar-refractivity contribution in [2.24, 2.45) is 5.73 Å². The Balaban J connectivity index is 0.000000201. The van der Waals surface area contributed by atoms with Gasteiger partial charge < -0.3 is 44.9 Å². The lowest BCUT2D eigenvalue weighted by Crippen LogP contribution is -2.46. The highest BCUT2D eigenvalue weighted by molar-refractivity contribution is 6.36. The molecule has 2 aliphatic heterocycles. The third-order valence-corrected chi connectivity index (χ3v) is 8.83. The fraction of sp³-hybridized carbons (Fsp3) is 0.257. The summed E-state index contributed by atoms with van der Waals surface area (Å²) >= 11 is 6.51. The topological polar surface area (TPSA) is 213 Å². The van der Waals surface area contributed by atoms with E-state index in [1.807, 2.05) is 59.2 Å². The highest BCUT2D eigenvalue weighted by Crippen LogP contribution is 2.38. The molecule has 2 aliphatic rings. The third-order valence-electron chi connectivity index (χ3n) is 8.46. The van der Waals surface area contributed by atoms with Crippen LogP contribution in [0.2, 0.25) is 5.02 Å². The largest absolute Gasteiger partial charge is 0.478 e. The summed E-state index contributed by atoms with van der Waals surface area (Å²) in [6, 6.07) is 20.1. The third kappa shape index (κ3) is 7.36. The Bertz CT molecular complexity index is 2040. The van der Waals surface area contributed by atoms with Crippen LogP contribution in [0.25, 0.3) is 22.5 Å². The molecule has 6 rings (SSSR count). The number of rotatable bonds is 7. The molecule has 16 heteroatoms. The lowest BCUT2D eigenvalue weighted by molar-refractivity contribution is -0.141. The van der Waals surface area contributed by atoms with Crippen LogP contribution in [0.15, 0.2) is 60.7 Å². The number of urea groups is 1. The lowest BCUT2D eigenvalue weighted by atomic mass is 10.0. The molecule has 5 N–H and O–H groups in total. The maximum atomic E-state index is 12.4. The first-order valence-electron chi connectivity index (χ1n) is 15.8. The Hall–Kier alpha value is -6.27. The van der Waals surface area contributed by atoms with Crippen LogP contribution in [-0.2, 0) is 35.7 Å². The molecule has 2 aromatic carbocycles. The quantitative estimate of drug-likeness (QED) is 0.201. The predicted octanol–water partition coefficient (Wildman–Crippen LogP) is 4.21. The number of fused-ring (bicyclic) bond motifs is 2. The molecule has 0 aliphatic carbocycles. The summed E-state index contributed by atoms with van der Waals surface area (Å²) in [7, 11) is 0. The molecule has 15 nitrogen and oxygen atoms in total. The maximum Gasteiger partial charge on any atom is 0.407 e. The number of nitriles is 1. The van der Waals surface area contributed by atoms with Gasteiger partial charge in [-0.3, -0.25) is 9.59 Å². The molecule has 0 saturated carbocycles. The Morgan fingerprint density at radius 2 is 1.37 bits per heavy atom. The van der Waals surface area contributed by atoms with E-state index in [1.165, 1.54) is 4.90 Å². The molecule has 4 heterocycles. The summed E-state index contributed by atoms with van der Waals surface area (Å²) in [6.45, 7) is 3.23. The molecule has 51 heavy (non-hydrogen) atoms. The number of hydrogen-bond donors (Lipinski definition) is 4. The van der Waals surface area contributed by atoms with E-state index in [0.29, 0.717) is 42.4 Å².